The van der Waals surface area contributed by atoms with E-state index in [2.05, 4.69) is 4.74 Å². The van der Waals surface area contributed by atoms with Crippen molar-refractivity contribution >= 4 is 0 Å². The molecule has 1 N–H and O–H groups in total. The topological polar surface area (TPSA) is 53.2 Å². The fourth-order valence-corrected chi connectivity index (χ4v) is 0.935. The van der Waals surface area contributed by atoms with Gasteiger partial charge in [-0.2, -0.15) is 14.0 Å². The minimum atomic E-state index is -2.91. The number of rotatable bonds is 3. The van der Waals surface area contributed by atoms with Crippen molar-refractivity contribution in [3.8, 4) is 11.8 Å². The standard InChI is InChI=1S/C9H7F2NO2/c10-9(11)14-7-3-1-2-6(4-7)8(13)5-12/h1-4,8-9,13H. The van der Waals surface area contributed by atoms with Gasteiger partial charge < -0.3 is 9.84 Å². The van der Waals surface area contributed by atoms with Gasteiger partial charge in [0, 0.05) is 0 Å². The zero-order chi connectivity index (χ0) is 10.6. The first-order chi connectivity index (χ1) is 6.63. The molecule has 74 valence electrons. The van der Waals surface area contributed by atoms with Gasteiger partial charge >= 0.3 is 6.61 Å². The van der Waals surface area contributed by atoms with Gasteiger partial charge in [0.15, 0.2) is 6.10 Å². The van der Waals surface area contributed by atoms with Crippen molar-refractivity contribution in [1.82, 2.24) is 0 Å². The summed E-state index contributed by atoms with van der Waals surface area (Å²) in [5, 5.41) is 17.5. The molecule has 1 aromatic carbocycles. The van der Waals surface area contributed by atoms with Crippen LogP contribution in [-0.4, -0.2) is 11.7 Å². The summed E-state index contributed by atoms with van der Waals surface area (Å²) in [6.45, 7) is -2.91. The van der Waals surface area contributed by atoms with Crippen LogP contribution in [0.5, 0.6) is 5.75 Å². The molecule has 1 aromatic rings. The van der Waals surface area contributed by atoms with Crippen LogP contribution in [0.2, 0.25) is 0 Å². The highest BCUT2D eigenvalue weighted by Crippen LogP contribution is 2.20. The van der Waals surface area contributed by atoms with Crippen LogP contribution in [0.1, 0.15) is 11.7 Å². The number of ether oxygens (including phenoxy) is 1. The first-order valence-electron chi connectivity index (χ1n) is 3.76. The van der Waals surface area contributed by atoms with Gasteiger partial charge in [0.25, 0.3) is 0 Å². The highest BCUT2D eigenvalue weighted by Gasteiger charge is 2.08. The van der Waals surface area contributed by atoms with E-state index >= 15 is 0 Å². The van der Waals surface area contributed by atoms with Crippen LogP contribution >= 0.6 is 0 Å². The summed E-state index contributed by atoms with van der Waals surface area (Å²) >= 11 is 0. The SMILES string of the molecule is N#CC(O)c1cccc(OC(F)F)c1. The predicted octanol–water partition coefficient (Wildman–Crippen LogP) is 1.84. The second kappa shape index (κ2) is 4.53. The Morgan fingerprint density at radius 2 is 2.14 bits per heavy atom. The molecular weight excluding hydrogens is 192 g/mol. The maximum Gasteiger partial charge on any atom is 0.387 e. The highest BCUT2D eigenvalue weighted by atomic mass is 19.3. The van der Waals surface area contributed by atoms with Gasteiger partial charge in [0.1, 0.15) is 5.75 Å². The average molecular weight is 199 g/mol. The molecule has 1 atom stereocenters. The van der Waals surface area contributed by atoms with E-state index in [1.165, 1.54) is 24.3 Å². The number of benzene rings is 1. The third kappa shape index (κ3) is 2.68. The molecule has 0 amide bonds. The van der Waals surface area contributed by atoms with E-state index in [-0.39, 0.29) is 11.3 Å². The van der Waals surface area contributed by atoms with Gasteiger partial charge in [-0.05, 0) is 17.7 Å². The lowest BCUT2D eigenvalue weighted by molar-refractivity contribution is -0.0499. The van der Waals surface area contributed by atoms with Gasteiger partial charge in [-0.1, -0.05) is 12.1 Å². The van der Waals surface area contributed by atoms with E-state index in [0.29, 0.717) is 0 Å². The average Bonchev–Trinajstić information content (AvgIpc) is 2.16. The molecule has 0 saturated heterocycles. The molecule has 0 aliphatic rings. The summed E-state index contributed by atoms with van der Waals surface area (Å²) in [5.74, 6) is -0.0770. The zero-order valence-corrected chi connectivity index (χ0v) is 7.02. The number of aliphatic hydroxyl groups is 1. The lowest BCUT2D eigenvalue weighted by Gasteiger charge is -2.06. The third-order valence-corrected chi connectivity index (χ3v) is 1.52. The van der Waals surface area contributed by atoms with Crippen LogP contribution in [-0.2, 0) is 0 Å². The van der Waals surface area contributed by atoms with Crippen molar-refractivity contribution in [1.29, 1.82) is 5.26 Å². The second-order valence-corrected chi connectivity index (χ2v) is 2.48. The molecule has 1 rings (SSSR count). The fourth-order valence-electron chi connectivity index (χ4n) is 0.935. The lowest BCUT2D eigenvalue weighted by atomic mass is 10.1. The highest BCUT2D eigenvalue weighted by molar-refractivity contribution is 5.31. The molecular formula is C9H7F2NO2. The molecule has 0 spiro atoms. The Morgan fingerprint density at radius 1 is 1.43 bits per heavy atom. The molecule has 3 nitrogen and oxygen atoms in total. The Bertz CT molecular complexity index is 349. The molecule has 0 bridgehead atoms. The van der Waals surface area contributed by atoms with Crippen molar-refractivity contribution in [2.24, 2.45) is 0 Å². The summed E-state index contributed by atoms with van der Waals surface area (Å²) in [4.78, 5) is 0. The summed E-state index contributed by atoms with van der Waals surface area (Å²) in [6, 6.07) is 6.96. The van der Waals surface area contributed by atoms with Crippen molar-refractivity contribution in [3.05, 3.63) is 29.8 Å². The van der Waals surface area contributed by atoms with Crippen LogP contribution in [0.25, 0.3) is 0 Å². The van der Waals surface area contributed by atoms with Gasteiger partial charge in [-0.25, -0.2) is 0 Å². The number of halogens is 2. The van der Waals surface area contributed by atoms with E-state index in [1.807, 2.05) is 0 Å². The Kier molecular flexibility index (Phi) is 3.37. The monoisotopic (exact) mass is 199 g/mol. The maximum absolute atomic E-state index is 11.8. The zero-order valence-electron chi connectivity index (χ0n) is 7.02. The van der Waals surface area contributed by atoms with Gasteiger partial charge in [0.05, 0.1) is 6.07 Å². The smallest absolute Gasteiger partial charge is 0.387 e. The summed E-state index contributed by atoms with van der Waals surface area (Å²) in [7, 11) is 0. The van der Waals surface area contributed by atoms with E-state index < -0.39 is 12.7 Å². The van der Waals surface area contributed by atoms with Gasteiger partial charge in [-0.15, -0.1) is 0 Å². The molecule has 0 fully saturated rings. The molecule has 0 saturated carbocycles. The first kappa shape index (κ1) is 10.4. The lowest BCUT2D eigenvalue weighted by Crippen LogP contribution is -2.02. The van der Waals surface area contributed by atoms with Crippen LogP contribution in [0.4, 0.5) is 8.78 Å². The normalized spacial score (nSPS) is 12.2. The molecule has 1 unspecified atom stereocenters. The van der Waals surface area contributed by atoms with Crippen molar-refractivity contribution < 1.29 is 18.6 Å². The number of hydrogen-bond acceptors (Lipinski definition) is 3. The number of hydrogen-bond donors (Lipinski definition) is 1. The van der Waals surface area contributed by atoms with E-state index in [9.17, 15) is 8.78 Å². The molecule has 5 heteroatoms. The maximum atomic E-state index is 11.8. The van der Waals surface area contributed by atoms with E-state index in [0.717, 1.165) is 0 Å². The van der Waals surface area contributed by atoms with E-state index in [4.69, 9.17) is 10.4 Å². The largest absolute Gasteiger partial charge is 0.435 e. The Labute approximate surface area is 79.2 Å². The van der Waals surface area contributed by atoms with E-state index in [1.54, 1.807) is 6.07 Å². The molecule has 0 aliphatic heterocycles. The second-order valence-electron chi connectivity index (χ2n) is 2.48. The van der Waals surface area contributed by atoms with Crippen molar-refractivity contribution in [2.75, 3.05) is 0 Å². The Balaban J connectivity index is 2.85. The van der Waals surface area contributed by atoms with Crippen LogP contribution < -0.4 is 4.74 Å². The molecule has 0 heterocycles. The van der Waals surface area contributed by atoms with Crippen LogP contribution in [0.3, 0.4) is 0 Å². The Morgan fingerprint density at radius 3 is 2.71 bits per heavy atom. The third-order valence-electron chi connectivity index (χ3n) is 1.52. The minimum Gasteiger partial charge on any atom is -0.435 e. The quantitative estimate of drug-likeness (QED) is 0.755. The van der Waals surface area contributed by atoms with Gasteiger partial charge in [-0.3, -0.25) is 0 Å². The number of aliphatic hydroxyl groups excluding tert-OH is 1. The van der Waals surface area contributed by atoms with Crippen LogP contribution in [0.15, 0.2) is 24.3 Å². The number of nitrogens with zero attached hydrogens (tertiary/aromatic N) is 1. The molecule has 0 aromatic heterocycles. The molecule has 0 aliphatic carbocycles. The summed E-state index contributed by atoms with van der Waals surface area (Å²) in [6.07, 6.45) is -1.32. The van der Waals surface area contributed by atoms with Gasteiger partial charge in [0.2, 0.25) is 0 Å². The van der Waals surface area contributed by atoms with Crippen LogP contribution in [0, 0.1) is 11.3 Å². The predicted molar refractivity (Wildman–Crippen MR) is 43.6 cm³/mol. The van der Waals surface area contributed by atoms with Crippen molar-refractivity contribution in [2.45, 2.75) is 12.7 Å². The minimum absolute atomic E-state index is 0.0770. The molecule has 0 radical (unpaired) electrons. The fraction of sp³-hybridized carbons (Fsp3) is 0.222. The summed E-state index contributed by atoms with van der Waals surface area (Å²) < 4.78 is 27.7. The Hall–Kier alpha value is -1.67. The number of alkyl halides is 2. The van der Waals surface area contributed by atoms with Crippen molar-refractivity contribution in [3.63, 3.8) is 0 Å². The molecule has 14 heavy (non-hydrogen) atoms. The first-order valence-corrected chi connectivity index (χ1v) is 3.76. The number of nitriles is 1. The summed E-state index contributed by atoms with van der Waals surface area (Å²) in [5.41, 5.74) is 0.227.